The molecule has 0 radical (unpaired) electrons. The Bertz CT molecular complexity index is 2530. The summed E-state index contributed by atoms with van der Waals surface area (Å²) in [4.78, 5) is 10.3. The van der Waals surface area contributed by atoms with Gasteiger partial charge in [-0.2, -0.15) is 50.0 Å². The van der Waals surface area contributed by atoms with E-state index >= 15 is 0 Å². The van der Waals surface area contributed by atoms with Crippen LogP contribution in [-0.2, 0) is 30.4 Å². The highest BCUT2D eigenvalue weighted by molar-refractivity contribution is 7.86. The first-order chi connectivity index (χ1) is 23.2. The second-order valence-corrected chi connectivity index (χ2v) is 15.1. The predicted molar refractivity (Wildman–Crippen MR) is 178 cm³/mol. The van der Waals surface area contributed by atoms with Crippen LogP contribution in [0, 0.1) is 6.92 Å². The average Bonchev–Trinajstić information content (AvgIpc) is 3.27. The number of anilines is 4. The van der Waals surface area contributed by atoms with Crippen LogP contribution in [0.5, 0.6) is 5.88 Å². The molecule has 0 aliphatic carbocycles. The van der Waals surface area contributed by atoms with Crippen LogP contribution in [-0.4, -0.2) is 68.8 Å². The second-order valence-electron chi connectivity index (χ2n) is 9.74. The molecular formula is C25H18Cl3N9O10S3. The van der Waals surface area contributed by atoms with E-state index in [0.29, 0.717) is 5.69 Å². The van der Waals surface area contributed by atoms with E-state index in [4.69, 9.17) is 39.4 Å². The van der Waals surface area contributed by atoms with Crippen molar-refractivity contribution in [1.29, 1.82) is 0 Å². The number of nitrogens with zero attached hydrogens (tertiary/aromatic N) is 7. The molecular weight excluding hydrogens is 789 g/mol. The predicted octanol–water partition coefficient (Wildman–Crippen LogP) is 5.67. The monoisotopic (exact) mass is 805 g/mol. The highest BCUT2D eigenvalue weighted by atomic mass is 35.5. The van der Waals surface area contributed by atoms with E-state index in [0.717, 1.165) is 41.1 Å². The van der Waals surface area contributed by atoms with Crippen LogP contribution < -0.4 is 10.6 Å². The number of aromatic hydroxyl groups is 1. The number of azo groups is 1. The van der Waals surface area contributed by atoms with Gasteiger partial charge in [0.2, 0.25) is 23.1 Å². The second kappa shape index (κ2) is 13.7. The number of nitrogens with one attached hydrogen (secondary N) is 2. The van der Waals surface area contributed by atoms with Crippen LogP contribution in [0.1, 0.15) is 5.69 Å². The fraction of sp³-hybridized carbons (Fsp3) is 0.0400. The summed E-state index contributed by atoms with van der Waals surface area (Å²) in [6, 6.07) is 10.1. The fourth-order valence-electron chi connectivity index (χ4n) is 4.10. The van der Waals surface area contributed by atoms with Crippen LogP contribution in [0.3, 0.4) is 0 Å². The Balaban J connectivity index is 1.46. The van der Waals surface area contributed by atoms with Crippen LogP contribution >= 0.6 is 34.8 Å². The largest absolute Gasteiger partial charge is 0.492 e. The number of benzene rings is 3. The van der Waals surface area contributed by atoms with Crippen molar-refractivity contribution in [1.82, 2.24) is 24.7 Å². The Hall–Kier alpha value is -4.52. The van der Waals surface area contributed by atoms with E-state index < -0.39 is 56.7 Å². The Morgan fingerprint density at radius 3 is 1.86 bits per heavy atom. The van der Waals surface area contributed by atoms with Crippen molar-refractivity contribution >= 4 is 99.8 Å². The zero-order chi connectivity index (χ0) is 36.8. The van der Waals surface area contributed by atoms with Crippen molar-refractivity contribution in [2.45, 2.75) is 21.6 Å². The third-order valence-corrected chi connectivity index (χ3v) is 9.84. The molecule has 0 aliphatic heterocycles. The molecule has 0 atom stereocenters. The number of aromatic nitrogens is 5. The summed E-state index contributed by atoms with van der Waals surface area (Å²) >= 11 is 18.2. The molecule has 3 aromatic carbocycles. The van der Waals surface area contributed by atoms with E-state index in [1.807, 2.05) is 0 Å². The third-order valence-electron chi connectivity index (χ3n) is 6.28. The number of aryl methyl sites for hydroxylation is 1. The summed E-state index contributed by atoms with van der Waals surface area (Å²) in [6.45, 7) is 1.40. The van der Waals surface area contributed by atoms with Gasteiger partial charge in [-0.1, -0.05) is 23.2 Å². The van der Waals surface area contributed by atoms with Gasteiger partial charge in [-0.3, -0.25) is 13.7 Å². The first-order valence-corrected chi connectivity index (χ1v) is 18.5. The zero-order valence-electron chi connectivity index (χ0n) is 24.4. The lowest BCUT2D eigenvalue weighted by Crippen LogP contribution is -2.05. The van der Waals surface area contributed by atoms with Gasteiger partial charge in [0, 0.05) is 11.4 Å². The van der Waals surface area contributed by atoms with Gasteiger partial charge < -0.3 is 15.7 Å². The summed E-state index contributed by atoms with van der Waals surface area (Å²) in [5, 5.41) is 27.3. The lowest BCUT2D eigenvalue weighted by molar-refractivity contribution is 0.434. The van der Waals surface area contributed by atoms with Crippen molar-refractivity contribution in [3.05, 3.63) is 75.6 Å². The van der Waals surface area contributed by atoms with Crippen LogP contribution in [0.4, 0.5) is 34.6 Å². The normalized spacial score (nSPS) is 12.4. The highest BCUT2D eigenvalue weighted by Gasteiger charge is 2.23. The van der Waals surface area contributed by atoms with Gasteiger partial charge in [0.25, 0.3) is 30.4 Å². The smallest absolute Gasteiger partial charge is 0.296 e. The SMILES string of the molecule is Cc1nn(-c2cc(Cl)c(S(=O)(=O)O)cc2Cl)c(O)c1/N=N/c1cc(Nc2nc(Cl)nc(Nc3ccc(S(=O)(=O)O)cc3)n2)ccc1S(=O)(=O)O. The number of rotatable bonds is 10. The molecule has 50 heavy (non-hydrogen) atoms. The molecule has 5 rings (SSSR count). The Kier molecular flexibility index (Phi) is 10.0. The summed E-state index contributed by atoms with van der Waals surface area (Å²) in [5.41, 5.74) is -0.383. The Morgan fingerprint density at radius 1 is 0.700 bits per heavy atom. The van der Waals surface area contributed by atoms with Crippen molar-refractivity contribution < 1.29 is 44.0 Å². The molecule has 2 heterocycles. The molecule has 0 bridgehead atoms. The van der Waals surface area contributed by atoms with Gasteiger partial charge in [-0.15, -0.1) is 10.2 Å². The van der Waals surface area contributed by atoms with Crippen LogP contribution in [0.25, 0.3) is 5.69 Å². The topological polar surface area (TPSA) is 289 Å². The van der Waals surface area contributed by atoms with Crippen molar-refractivity contribution in [2.75, 3.05) is 10.6 Å². The van der Waals surface area contributed by atoms with Gasteiger partial charge >= 0.3 is 0 Å². The van der Waals surface area contributed by atoms with Crippen molar-refractivity contribution in [2.24, 2.45) is 10.2 Å². The minimum atomic E-state index is -4.86. The molecule has 0 aliphatic rings. The minimum absolute atomic E-state index is 0.0347. The maximum absolute atomic E-state index is 12.1. The first-order valence-electron chi connectivity index (χ1n) is 13.0. The van der Waals surface area contributed by atoms with E-state index in [1.165, 1.54) is 25.1 Å². The number of hydrogen-bond donors (Lipinski definition) is 6. The number of halogens is 3. The molecule has 0 spiro atoms. The molecule has 0 fully saturated rings. The summed E-state index contributed by atoms with van der Waals surface area (Å²) in [5.74, 6) is -0.938. The lowest BCUT2D eigenvalue weighted by atomic mass is 10.3. The molecule has 25 heteroatoms. The third kappa shape index (κ3) is 8.26. The molecule has 0 saturated carbocycles. The number of hydrogen-bond acceptors (Lipinski definition) is 15. The van der Waals surface area contributed by atoms with E-state index in [1.54, 1.807) is 0 Å². The van der Waals surface area contributed by atoms with Gasteiger partial charge in [0.05, 0.1) is 26.3 Å². The zero-order valence-corrected chi connectivity index (χ0v) is 29.1. The molecule has 262 valence electrons. The van der Waals surface area contributed by atoms with Crippen LogP contribution in [0.15, 0.2) is 79.5 Å². The van der Waals surface area contributed by atoms with E-state index in [2.05, 4.69) is 40.9 Å². The van der Waals surface area contributed by atoms with E-state index in [9.17, 15) is 39.5 Å². The molecule has 0 amide bonds. The molecule has 6 N–H and O–H groups in total. The maximum Gasteiger partial charge on any atom is 0.296 e. The van der Waals surface area contributed by atoms with Crippen molar-refractivity contribution in [3.63, 3.8) is 0 Å². The molecule has 0 saturated heterocycles. The van der Waals surface area contributed by atoms with Gasteiger partial charge in [-0.25, -0.2) is 0 Å². The van der Waals surface area contributed by atoms with Gasteiger partial charge in [0.1, 0.15) is 15.5 Å². The Morgan fingerprint density at radius 2 is 1.28 bits per heavy atom. The minimum Gasteiger partial charge on any atom is -0.492 e. The Labute approximate surface area is 296 Å². The van der Waals surface area contributed by atoms with Gasteiger partial charge in [0.15, 0.2) is 5.69 Å². The molecule has 2 aromatic heterocycles. The molecule has 5 aromatic rings. The maximum atomic E-state index is 12.1. The highest BCUT2D eigenvalue weighted by Crippen LogP contribution is 2.39. The standard InChI is InChI=1S/C25H18Cl3N9O10S3/c1-11-21(22(38)37(36-11)18-9-16(27)20(10-15(18)26)50(45,46)47)35-34-17-8-13(4-7-19(17)49(42,43)44)30-25-32-23(28)31-24(33-25)29-12-2-5-14(6-3-12)48(39,40)41/h2-10,38H,1H3,(H,39,40,41)(H,42,43,44)(H,45,46,47)(H2,29,30,31,32,33)/b35-34+. The average molecular weight is 807 g/mol. The van der Waals surface area contributed by atoms with Crippen molar-refractivity contribution in [3.8, 4) is 11.6 Å². The fourth-order valence-corrected chi connectivity index (χ4v) is 6.67. The van der Waals surface area contributed by atoms with Gasteiger partial charge in [-0.05, 0) is 73.1 Å². The molecule has 19 nitrogen and oxygen atoms in total. The first kappa shape index (κ1) is 36.8. The summed E-state index contributed by atoms with van der Waals surface area (Å²) in [6.07, 6.45) is 0. The van der Waals surface area contributed by atoms with Crippen LogP contribution in [0.2, 0.25) is 15.3 Å². The van der Waals surface area contributed by atoms with E-state index in [-0.39, 0.29) is 49.9 Å². The summed E-state index contributed by atoms with van der Waals surface area (Å²) < 4.78 is 99.1. The quantitative estimate of drug-likeness (QED) is 0.0731. The summed E-state index contributed by atoms with van der Waals surface area (Å²) in [7, 11) is -14.0. The lowest BCUT2D eigenvalue weighted by Gasteiger charge is -2.10. The molecule has 0 unspecified atom stereocenters.